The zero-order valence-electron chi connectivity index (χ0n) is 15.2. The molecule has 136 valence electrons. The van der Waals surface area contributed by atoms with E-state index in [1.54, 1.807) is 25.1 Å². The highest BCUT2D eigenvalue weighted by Crippen LogP contribution is 2.27. The molecule has 0 unspecified atom stereocenters. The van der Waals surface area contributed by atoms with Crippen molar-refractivity contribution in [3.8, 4) is 17.6 Å². The third-order valence-electron chi connectivity index (χ3n) is 3.95. The molecule has 1 N–H and O–H groups in total. The number of nitriles is 1. The number of methoxy groups -OCH3 is 2. The maximum absolute atomic E-state index is 11.9. The van der Waals surface area contributed by atoms with Crippen molar-refractivity contribution in [1.82, 2.24) is 5.32 Å². The quantitative estimate of drug-likeness (QED) is 0.720. The lowest BCUT2D eigenvalue weighted by molar-refractivity contribution is -0.148. The maximum atomic E-state index is 11.9. The first kappa shape index (κ1) is 20.3. The number of nitrogens with zero attached hydrogens (tertiary/aromatic N) is 1. The Morgan fingerprint density at radius 3 is 2.40 bits per heavy atom. The van der Waals surface area contributed by atoms with Crippen LogP contribution in [0.3, 0.4) is 0 Å². The van der Waals surface area contributed by atoms with Crippen LogP contribution in [0.25, 0.3) is 0 Å². The van der Waals surface area contributed by atoms with E-state index < -0.39 is 24.0 Å². The van der Waals surface area contributed by atoms with Gasteiger partial charge in [0.05, 0.1) is 26.7 Å². The molecule has 0 aliphatic rings. The minimum atomic E-state index is -1.01. The molecule has 7 heteroatoms. The van der Waals surface area contributed by atoms with Crippen molar-refractivity contribution in [3.63, 3.8) is 0 Å². The Kier molecular flexibility index (Phi) is 7.24. The van der Waals surface area contributed by atoms with Crippen LogP contribution in [0.4, 0.5) is 0 Å². The molecule has 1 aromatic carbocycles. The summed E-state index contributed by atoms with van der Waals surface area (Å²) in [6, 6.07) is 7.14. The van der Waals surface area contributed by atoms with Gasteiger partial charge in [-0.05, 0) is 30.5 Å². The van der Waals surface area contributed by atoms with Crippen molar-refractivity contribution < 1.29 is 23.8 Å². The van der Waals surface area contributed by atoms with Crippen molar-refractivity contribution in [2.45, 2.75) is 32.7 Å². The molecule has 0 saturated heterocycles. The van der Waals surface area contributed by atoms with Crippen LogP contribution < -0.4 is 14.8 Å². The van der Waals surface area contributed by atoms with Crippen molar-refractivity contribution in [2.75, 3.05) is 20.8 Å². The number of carbonyl (C=O) groups is 2. The largest absolute Gasteiger partial charge is 0.493 e. The number of benzene rings is 1. The molecular formula is C18H24N2O5. The highest BCUT2D eigenvalue weighted by atomic mass is 16.5. The van der Waals surface area contributed by atoms with Gasteiger partial charge in [0, 0.05) is 0 Å². The van der Waals surface area contributed by atoms with Crippen LogP contribution in [0, 0.1) is 17.2 Å². The van der Waals surface area contributed by atoms with E-state index in [1.807, 2.05) is 13.8 Å². The smallest absolute Gasteiger partial charge is 0.310 e. The van der Waals surface area contributed by atoms with Gasteiger partial charge in [-0.2, -0.15) is 5.26 Å². The first-order valence-electron chi connectivity index (χ1n) is 7.84. The fourth-order valence-corrected chi connectivity index (χ4v) is 1.98. The number of rotatable bonds is 8. The van der Waals surface area contributed by atoms with Crippen LogP contribution in [0.2, 0.25) is 0 Å². The van der Waals surface area contributed by atoms with Gasteiger partial charge in [-0.1, -0.05) is 19.9 Å². The average Bonchev–Trinajstić information content (AvgIpc) is 2.59. The number of carbonyl (C=O) groups excluding carboxylic acids is 2. The van der Waals surface area contributed by atoms with Crippen LogP contribution in [-0.2, 0) is 20.7 Å². The van der Waals surface area contributed by atoms with Crippen molar-refractivity contribution >= 4 is 11.9 Å². The van der Waals surface area contributed by atoms with Gasteiger partial charge in [-0.25, -0.2) is 0 Å². The lowest BCUT2D eigenvalue weighted by Gasteiger charge is -2.27. The molecule has 1 rings (SSSR count). The Morgan fingerprint density at radius 1 is 1.24 bits per heavy atom. The molecule has 25 heavy (non-hydrogen) atoms. The van der Waals surface area contributed by atoms with Gasteiger partial charge in [-0.3, -0.25) is 9.59 Å². The Labute approximate surface area is 147 Å². The lowest BCUT2D eigenvalue weighted by Crippen LogP contribution is -2.50. The van der Waals surface area contributed by atoms with Gasteiger partial charge in [0.15, 0.2) is 18.1 Å². The number of amides is 1. The molecule has 0 aromatic heterocycles. The zero-order valence-corrected chi connectivity index (χ0v) is 15.2. The molecule has 1 amide bonds. The number of nitrogens with one attached hydrogen (secondary N) is 1. The van der Waals surface area contributed by atoms with E-state index in [2.05, 4.69) is 11.4 Å². The van der Waals surface area contributed by atoms with Crippen LogP contribution in [0.1, 0.15) is 26.3 Å². The lowest BCUT2D eigenvalue weighted by atomic mass is 9.90. The first-order valence-corrected chi connectivity index (χ1v) is 7.84. The predicted octanol–water partition coefficient (Wildman–Crippen LogP) is 1.84. The molecule has 0 aliphatic heterocycles. The number of hydrogen-bond donors (Lipinski definition) is 1. The zero-order chi connectivity index (χ0) is 19.0. The highest BCUT2D eigenvalue weighted by Gasteiger charge is 2.30. The summed E-state index contributed by atoms with van der Waals surface area (Å²) in [6.45, 7) is 4.84. The second-order valence-corrected chi connectivity index (χ2v) is 6.04. The van der Waals surface area contributed by atoms with Crippen molar-refractivity contribution in [2.24, 2.45) is 5.92 Å². The molecule has 1 aromatic rings. The summed E-state index contributed by atoms with van der Waals surface area (Å²) in [5, 5.41) is 11.8. The Bertz CT molecular complexity index is 666. The van der Waals surface area contributed by atoms with Crippen molar-refractivity contribution in [1.29, 1.82) is 5.26 Å². The summed E-state index contributed by atoms with van der Waals surface area (Å²) in [5.41, 5.74) is -0.334. The topological polar surface area (TPSA) is 97.6 Å². The summed E-state index contributed by atoms with van der Waals surface area (Å²) in [5.74, 6) is -0.0800. The van der Waals surface area contributed by atoms with Crippen LogP contribution >= 0.6 is 0 Å². The summed E-state index contributed by atoms with van der Waals surface area (Å²) >= 11 is 0. The predicted molar refractivity (Wildman–Crippen MR) is 91.2 cm³/mol. The summed E-state index contributed by atoms with van der Waals surface area (Å²) in [7, 11) is 3.03. The normalized spacial score (nSPS) is 12.7. The molecule has 0 spiro atoms. The second kappa shape index (κ2) is 8.92. The molecule has 0 saturated carbocycles. The molecule has 0 heterocycles. The summed E-state index contributed by atoms with van der Waals surface area (Å²) < 4.78 is 15.3. The fourth-order valence-electron chi connectivity index (χ4n) is 1.98. The molecule has 0 fully saturated rings. The van der Waals surface area contributed by atoms with Gasteiger partial charge in [0.25, 0.3) is 5.91 Å². The number of ether oxygens (including phenoxy) is 3. The molecular weight excluding hydrogens is 324 g/mol. The van der Waals surface area contributed by atoms with Gasteiger partial charge < -0.3 is 19.5 Å². The highest BCUT2D eigenvalue weighted by molar-refractivity contribution is 5.82. The summed E-state index contributed by atoms with van der Waals surface area (Å²) in [6.07, 6.45) is -0.00661. The van der Waals surface area contributed by atoms with Crippen LogP contribution in [0.5, 0.6) is 11.5 Å². The van der Waals surface area contributed by atoms with Crippen LogP contribution in [0.15, 0.2) is 18.2 Å². The Balaban J connectivity index is 2.58. The second-order valence-electron chi connectivity index (χ2n) is 6.04. The first-order chi connectivity index (χ1) is 11.8. The molecule has 0 bridgehead atoms. The minimum absolute atomic E-state index is 0.00661. The van der Waals surface area contributed by atoms with Crippen molar-refractivity contribution in [3.05, 3.63) is 23.8 Å². The average molecular weight is 348 g/mol. The monoisotopic (exact) mass is 348 g/mol. The van der Waals surface area contributed by atoms with E-state index in [-0.39, 0.29) is 12.3 Å². The molecule has 1 atom stereocenters. The minimum Gasteiger partial charge on any atom is -0.493 e. The van der Waals surface area contributed by atoms with E-state index in [1.165, 1.54) is 14.2 Å². The van der Waals surface area contributed by atoms with Gasteiger partial charge in [0.2, 0.25) is 0 Å². The van der Waals surface area contributed by atoms with Crippen LogP contribution in [-0.4, -0.2) is 38.2 Å². The molecule has 0 radical (unpaired) electrons. The van der Waals surface area contributed by atoms with E-state index in [4.69, 9.17) is 14.2 Å². The third kappa shape index (κ3) is 5.68. The van der Waals surface area contributed by atoms with E-state index in [0.29, 0.717) is 17.1 Å². The van der Waals surface area contributed by atoms with Gasteiger partial charge in [-0.15, -0.1) is 0 Å². The van der Waals surface area contributed by atoms with E-state index in [0.717, 1.165) is 0 Å². The number of hydrogen-bond acceptors (Lipinski definition) is 6. The van der Waals surface area contributed by atoms with E-state index >= 15 is 0 Å². The maximum Gasteiger partial charge on any atom is 0.310 e. The number of esters is 1. The SMILES string of the molecule is COc1ccc(CC(=O)OCC(=O)N[C@](C)(C#N)C(C)C)cc1OC. The fraction of sp³-hybridized carbons (Fsp3) is 0.500. The van der Waals surface area contributed by atoms with Gasteiger partial charge >= 0.3 is 5.97 Å². The molecule has 0 aliphatic carbocycles. The Morgan fingerprint density at radius 2 is 1.88 bits per heavy atom. The summed E-state index contributed by atoms with van der Waals surface area (Å²) in [4.78, 5) is 23.8. The van der Waals surface area contributed by atoms with E-state index in [9.17, 15) is 14.9 Å². The molecule has 7 nitrogen and oxygen atoms in total. The standard InChI is InChI=1S/C18H24N2O5/c1-12(2)18(3,11-19)20-16(21)10-25-17(22)9-13-6-7-14(23-4)15(8-13)24-5/h6-8,12H,9-10H2,1-5H3,(H,20,21)/t18-/m1/s1. The van der Waals surface area contributed by atoms with Gasteiger partial charge in [0.1, 0.15) is 5.54 Å². The Hall–Kier alpha value is -2.75. The third-order valence-corrected chi connectivity index (χ3v) is 3.95.